The average molecular weight is 458 g/mol. The Kier molecular flexibility index (Phi) is 4.80. The Morgan fingerprint density at radius 2 is 2.03 bits per heavy atom. The van der Waals surface area contributed by atoms with Crippen molar-refractivity contribution in [3.05, 3.63) is 54.1 Å². The van der Waals surface area contributed by atoms with E-state index in [0.29, 0.717) is 47.7 Å². The highest BCUT2D eigenvalue weighted by molar-refractivity contribution is 5.96. The number of fused-ring (bicyclic) bond motifs is 2. The molecule has 172 valence electrons. The molecule has 0 spiro atoms. The maximum Gasteiger partial charge on any atom is 0.163 e. The minimum absolute atomic E-state index is 0.114. The molecule has 8 nitrogen and oxygen atoms in total. The molecule has 34 heavy (non-hydrogen) atoms. The summed E-state index contributed by atoms with van der Waals surface area (Å²) in [6, 6.07) is 8.91. The van der Waals surface area contributed by atoms with Gasteiger partial charge in [0, 0.05) is 36.3 Å². The van der Waals surface area contributed by atoms with Crippen LogP contribution < -0.4 is 4.90 Å². The molecule has 1 atom stereocenters. The van der Waals surface area contributed by atoms with Gasteiger partial charge in [0.15, 0.2) is 11.6 Å². The van der Waals surface area contributed by atoms with Gasteiger partial charge in [-0.1, -0.05) is 0 Å². The van der Waals surface area contributed by atoms with Crippen molar-refractivity contribution < 1.29 is 9.13 Å². The van der Waals surface area contributed by atoms with Gasteiger partial charge in [-0.15, -0.1) is 0 Å². The summed E-state index contributed by atoms with van der Waals surface area (Å²) in [6.07, 6.45) is 3.63. The molecule has 0 aliphatic carbocycles. The number of morpholine rings is 1. The van der Waals surface area contributed by atoms with Gasteiger partial charge in [-0.25, -0.2) is 19.3 Å². The Hall–Kier alpha value is -3.85. The lowest BCUT2D eigenvalue weighted by Gasteiger charge is -2.34. The number of halogens is 1. The summed E-state index contributed by atoms with van der Waals surface area (Å²) in [4.78, 5) is 20.1. The molecule has 1 aromatic carbocycles. The van der Waals surface area contributed by atoms with Gasteiger partial charge in [-0.3, -0.25) is 4.68 Å². The van der Waals surface area contributed by atoms with Crippen LogP contribution in [0.5, 0.6) is 0 Å². The van der Waals surface area contributed by atoms with Crippen LogP contribution in [0.4, 0.5) is 10.2 Å². The van der Waals surface area contributed by atoms with E-state index in [0.717, 1.165) is 28.2 Å². The molecule has 1 saturated heterocycles. The first-order chi connectivity index (χ1) is 16.5. The molecule has 5 heterocycles. The van der Waals surface area contributed by atoms with Crippen LogP contribution >= 0.6 is 0 Å². The third-order valence-corrected chi connectivity index (χ3v) is 6.40. The van der Waals surface area contributed by atoms with Gasteiger partial charge in [0.25, 0.3) is 0 Å². The molecule has 6 rings (SSSR count). The lowest BCUT2D eigenvalue weighted by atomic mass is 10.1. The van der Waals surface area contributed by atoms with E-state index in [1.807, 2.05) is 43.0 Å². The molecule has 1 aliphatic heterocycles. The maximum atomic E-state index is 14.5. The van der Waals surface area contributed by atoms with Crippen molar-refractivity contribution in [3.8, 4) is 22.8 Å². The second kappa shape index (κ2) is 7.88. The van der Waals surface area contributed by atoms with Gasteiger partial charge in [0.2, 0.25) is 0 Å². The second-order valence-corrected chi connectivity index (χ2v) is 8.74. The van der Waals surface area contributed by atoms with E-state index in [1.54, 1.807) is 6.20 Å². The summed E-state index contributed by atoms with van der Waals surface area (Å²) < 4.78 is 21.9. The summed E-state index contributed by atoms with van der Waals surface area (Å²) in [5.41, 5.74) is 5.57. The van der Waals surface area contributed by atoms with E-state index < -0.39 is 0 Å². The molecule has 1 fully saturated rings. The van der Waals surface area contributed by atoms with Gasteiger partial charge in [0.1, 0.15) is 11.3 Å². The van der Waals surface area contributed by atoms with Crippen LogP contribution in [-0.4, -0.2) is 55.5 Å². The standard InChI is InChI=1S/C25H24FN7O/c1-14-12-28-32(3)23(14)20-5-4-19-22(29-20)25(33-8-9-34-13-15(33)2)31-24(30-19)18-10-16(26)11-21-17(18)6-7-27-21/h4-7,10-12,15,27H,8-9,13H2,1-3H3/t15-/m1/s1. The number of nitrogens with zero attached hydrogens (tertiary/aromatic N) is 6. The van der Waals surface area contributed by atoms with Crippen LogP contribution in [0.15, 0.2) is 42.7 Å². The predicted octanol–water partition coefficient (Wildman–Crippen LogP) is 4.25. The molecule has 9 heteroatoms. The third kappa shape index (κ3) is 3.31. The molecule has 0 unspecified atom stereocenters. The molecule has 0 saturated carbocycles. The predicted molar refractivity (Wildman–Crippen MR) is 129 cm³/mol. The lowest BCUT2D eigenvalue weighted by molar-refractivity contribution is 0.0987. The number of aromatic amines is 1. The average Bonchev–Trinajstić information content (AvgIpc) is 3.43. The highest BCUT2D eigenvalue weighted by Crippen LogP contribution is 2.34. The molecular weight excluding hydrogens is 433 g/mol. The Balaban J connectivity index is 1.61. The summed E-state index contributed by atoms with van der Waals surface area (Å²) in [5.74, 6) is 0.858. The quantitative estimate of drug-likeness (QED) is 0.436. The van der Waals surface area contributed by atoms with Crippen LogP contribution in [-0.2, 0) is 11.8 Å². The molecule has 0 bridgehead atoms. The van der Waals surface area contributed by atoms with E-state index >= 15 is 0 Å². The first kappa shape index (κ1) is 20.7. The normalized spacial score (nSPS) is 16.6. The largest absolute Gasteiger partial charge is 0.377 e. The number of H-pyrrole nitrogens is 1. The first-order valence-electron chi connectivity index (χ1n) is 11.3. The molecule has 1 aliphatic rings. The van der Waals surface area contributed by atoms with Crippen molar-refractivity contribution in [1.29, 1.82) is 0 Å². The molecular formula is C25H24FN7O. The van der Waals surface area contributed by atoms with Crippen LogP contribution in [0.1, 0.15) is 12.5 Å². The van der Waals surface area contributed by atoms with E-state index in [2.05, 4.69) is 21.9 Å². The summed E-state index contributed by atoms with van der Waals surface area (Å²) in [5, 5.41) is 5.23. The maximum absolute atomic E-state index is 14.5. The molecule has 0 radical (unpaired) electrons. The van der Waals surface area contributed by atoms with Crippen molar-refractivity contribution in [2.24, 2.45) is 7.05 Å². The Bertz CT molecular complexity index is 1520. The number of rotatable bonds is 3. The smallest absolute Gasteiger partial charge is 0.163 e. The van der Waals surface area contributed by atoms with Gasteiger partial charge in [-0.05, 0) is 49.7 Å². The van der Waals surface area contributed by atoms with Crippen LogP contribution in [0.25, 0.3) is 44.7 Å². The van der Waals surface area contributed by atoms with Gasteiger partial charge in [-0.2, -0.15) is 5.10 Å². The summed E-state index contributed by atoms with van der Waals surface area (Å²) >= 11 is 0. The van der Waals surface area contributed by atoms with E-state index in [1.165, 1.54) is 12.1 Å². The molecule has 0 amide bonds. The van der Waals surface area contributed by atoms with Gasteiger partial charge < -0.3 is 14.6 Å². The highest BCUT2D eigenvalue weighted by Gasteiger charge is 2.25. The minimum Gasteiger partial charge on any atom is -0.377 e. The van der Waals surface area contributed by atoms with Crippen molar-refractivity contribution in [2.45, 2.75) is 19.9 Å². The van der Waals surface area contributed by atoms with E-state index in [4.69, 9.17) is 19.7 Å². The van der Waals surface area contributed by atoms with Crippen molar-refractivity contribution >= 4 is 27.8 Å². The molecule has 4 aromatic heterocycles. The van der Waals surface area contributed by atoms with Crippen LogP contribution in [0.2, 0.25) is 0 Å². The van der Waals surface area contributed by atoms with Gasteiger partial charge >= 0.3 is 0 Å². The monoisotopic (exact) mass is 457 g/mol. The second-order valence-electron chi connectivity index (χ2n) is 8.74. The minimum atomic E-state index is -0.338. The number of hydrogen-bond donors (Lipinski definition) is 1. The zero-order valence-corrected chi connectivity index (χ0v) is 19.2. The number of aryl methyl sites for hydroxylation is 2. The fraction of sp³-hybridized carbons (Fsp3) is 0.280. The van der Waals surface area contributed by atoms with Crippen molar-refractivity contribution in [3.63, 3.8) is 0 Å². The third-order valence-electron chi connectivity index (χ3n) is 6.40. The Morgan fingerprint density at radius 3 is 2.82 bits per heavy atom. The van der Waals surface area contributed by atoms with Crippen LogP contribution in [0.3, 0.4) is 0 Å². The fourth-order valence-corrected chi connectivity index (χ4v) is 4.73. The zero-order chi connectivity index (χ0) is 23.4. The topological polar surface area (TPSA) is 84.8 Å². The number of pyridine rings is 1. The summed E-state index contributed by atoms with van der Waals surface area (Å²) in [6.45, 7) is 6.02. The summed E-state index contributed by atoms with van der Waals surface area (Å²) in [7, 11) is 1.91. The molecule has 5 aromatic rings. The van der Waals surface area contributed by atoms with Crippen molar-refractivity contribution in [2.75, 3.05) is 24.7 Å². The number of nitrogens with one attached hydrogen (secondary N) is 1. The highest BCUT2D eigenvalue weighted by atomic mass is 19.1. The number of aromatic nitrogens is 6. The number of ether oxygens (including phenoxy) is 1. The van der Waals surface area contributed by atoms with Crippen LogP contribution in [0, 0.1) is 12.7 Å². The number of hydrogen-bond acceptors (Lipinski definition) is 6. The van der Waals surface area contributed by atoms with Gasteiger partial charge in [0.05, 0.1) is 42.4 Å². The number of anilines is 1. The zero-order valence-electron chi connectivity index (χ0n) is 19.2. The van der Waals surface area contributed by atoms with E-state index in [9.17, 15) is 4.39 Å². The fourth-order valence-electron chi connectivity index (χ4n) is 4.73. The SMILES string of the molecule is Cc1cnn(C)c1-c1ccc2nc(-c3cc(F)cc4[nH]ccc34)nc(N3CCOC[C@H]3C)c2n1. The van der Waals surface area contributed by atoms with E-state index in [-0.39, 0.29) is 11.9 Å². The van der Waals surface area contributed by atoms with Crippen molar-refractivity contribution in [1.82, 2.24) is 29.7 Å². The first-order valence-corrected chi connectivity index (χ1v) is 11.3. The lowest BCUT2D eigenvalue weighted by Crippen LogP contribution is -2.44. The number of benzene rings is 1. The Morgan fingerprint density at radius 1 is 1.15 bits per heavy atom. The molecule has 1 N–H and O–H groups in total. The Labute approximate surface area is 195 Å².